The van der Waals surface area contributed by atoms with Gasteiger partial charge in [0, 0.05) is 18.5 Å². The fraction of sp³-hybridized carbons (Fsp3) is 0.0833. The molecule has 0 aliphatic carbocycles. The van der Waals surface area contributed by atoms with Crippen molar-refractivity contribution in [1.82, 2.24) is 15.1 Å². The van der Waals surface area contributed by atoms with Gasteiger partial charge in [-0.25, -0.2) is 8.78 Å². The molecule has 0 unspecified atom stereocenters. The molecule has 0 fully saturated rings. The highest BCUT2D eigenvalue weighted by atomic mass is 19.1. The Labute approximate surface area is 187 Å². The lowest BCUT2D eigenvalue weighted by molar-refractivity contribution is 0.411. The summed E-state index contributed by atoms with van der Waals surface area (Å²) in [5, 5.41) is 3.89. The lowest BCUT2D eigenvalue weighted by Crippen LogP contribution is -2.31. The molecule has 2 aromatic heterocycles. The second kappa shape index (κ2) is 7.63. The van der Waals surface area contributed by atoms with Crippen molar-refractivity contribution in [2.45, 2.75) is 6.54 Å². The van der Waals surface area contributed by atoms with E-state index in [0.29, 0.717) is 18.9 Å². The first-order valence-corrected chi connectivity index (χ1v) is 10.3. The van der Waals surface area contributed by atoms with Gasteiger partial charge in [-0.3, -0.25) is 9.98 Å². The number of para-hydroxylation sites is 2. The number of halogens is 2. The number of hydrogen-bond acceptors (Lipinski definition) is 7. The first kappa shape index (κ1) is 19.3. The summed E-state index contributed by atoms with van der Waals surface area (Å²) in [6.07, 6.45) is 3.74. The van der Waals surface area contributed by atoms with Gasteiger partial charge in [-0.05, 0) is 36.4 Å². The summed E-state index contributed by atoms with van der Waals surface area (Å²) >= 11 is 0. The smallest absolute Gasteiger partial charge is 0.278 e. The molecule has 6 rings (SSSR count). The van der Waals surface area contributed by atoms with E-state index in [1.807, 2.05) is 48.7 Å². The van der Waals surface area contributed by atoms with Crippen molar-refractivity contribution < 1.29 is 13.3 Å². The van der Waals surface area contributed by atoms with E-state index in [2.05, 4.69) is 29.9 Å². The molecule has 0 spiro atoms. The predicted octanol–water partition coefficient (Wildman–Crippen LogP) is 4.54. The van der Waals surface area contributed by atoms with Crippen LogP contribution in [0.3, 0.4) is 0 Å². The molecule has 2 aliphatic heterocycles. The molecule has 0 saturated carbocycles. The molecule has 0 N–H and O–H groups in total. The van der Waals surface area contributed by atoms with Gasteiger partial charge in [-0.15, -0.1) is 0 Å². The number of anilines is 2. The fourth-order valence-corrected chi connectivity index (χ4v) is 3.99. The van der Waals surface area contributed by atoms with Gasteiger partial charge in [0.2, 0.25) is 5.82 Å². The second-order valence-electron chi connectivity index (χ2n) is 7.58. The zero-order valence-electron chi connectivity index (χ0n) is 17.2. The number of rotatable bonds is 4. The Bertz CT molecular complexity index is 1420. The highest BCUT2D eigenvalue weighted by Gasteiger charge is 2.34. The van der Waals surface area contributed by atoms with Gasteiger partial charge in [0.15, 0.2) is 5.71 Å². The quantitative estimate of drug-likeness (QED) is 0.462. The van der Waals surface area contributed by atoms with E-state index in [-0.39, 0.29) is 17.3 Å². The lowest BCUT2D eigenvalue weighted by Gasteiger charge is -2.34. The van der Waals surface area contributed by atoms with Gasteiger partial charge >= 0.3 is 0 Å². The van der Waals surface area contributed by atoms with Gasteiger partial charge in [0.1, 0.15) is 18.3 Å². The number of aliphatic imine (C=N–C) groups is 1. The summed E-state index contributed by atoms with van der Waals surface area (Å²) in [6.45, 7) is 0.955. The Hall–Kier alpha value is -4.40. The Morgan fingerprint density at radius 1 is 0.970 bits per heavy atom. The number of benzene rings is 2. The standard InChI is InChI=1S/C24H16F2N6O/c25-15-8-9-17(18(26)11-15)23-29-24(33-30-23)22-21-13-31(12-16-5-3-4-10-27-16)19-6-1-2-7-20(19)32(21)14-28-22/h1-11,13H,12,14H2. The van der Waals surface area contributed by atoms with Gasteiger partial charge in [-0.1, -0.05) is 23.4 Å². The average Bonchev–Trinajstić information content (AvgIpc) is 3.47. The normalized spacial score (nSPS) is 14.6. The molecule has 2 aliphatic rings. The maximum atomic E-state index is 14.2. The van der Waals surface area contributed by atoms with Crippen molar-refractivity contribution in [2.24, 2.45) is 4.99 Å². The lowest BCUT2D eigenvalue weighted by atomic mass is 10.1. The van der Waals surface area contributed by atoms with Gasteiger partial charge in [0.25, 0.3) is 5.89 Å². The fourth-order valence-electron chi connectivity index (χ4n) is 3.99. The average molecular weight is 442 g/mol. The van der Waals surface area contributed by atoms with Gasteiger partial charge in [0.05, 0.1) is 34.9 Å². The molecule has 162 valence electrons. The van der Waals surface area contributed by atoms with Crippen LogP contribution in [0.15, 0.2) is 88.3 Å². The molecular formula is C24H16F2N6O. The molecule has 0 radical (unpaired) electrons. The third kappa shape index (κ3) is 3.34. The summed E-state index contributed by atoms with van der Waals surface area (Å²) < 4.78 is 32.9. The van der Waals surface area contributed by atoms with Crippen LogP contribution < -0.4 is 9.80 Å². The van der Waals surface area contributed by atoms with E-state index in [0.717, 1.165) is 34.9 Å². The minimum Gasteiger partial charge on any atom is -0.338 e. The van der Waals surface area contributed by atoms with Gasteiger partial charge in [-0.2, -0.15) is 4.98 Å². The van der Waals surface area contributed by atoms with Crippen LogP contribution in [0.25, 0.3) is 11.4 Å². The number of allylic oxidation sites excluding steroid dienone is 1. The third-order valence-electron chi connectivity index (χ3n) is 5.52. The molecule has 4 aromatic rings. The van der Waals surface area contributed by atoms with E-state index in [1.54, 1.807) is 6.20 Å². The van der Waals surface area contributed by atoms with Crippen LogP contribution in [0.5, 0.6) is 0 Å². The monoisotopic (exact) mass is 442 g/mol. The first-order chi connectivity index (χ1) is 16.2. The molecule has 0 amide bonds. The van der Waals surface area contributed by atoms with Crippen molar-refractivity contribution in [3.63, 3.8) is 0 Å². The van der Waals surface area contributed by atoms with Gasteiger partial charge < -0.3 is 14.3 Å². The molecule has 4 heterocycles. The number of hydrogen-bond donors (Lipinski definition) is 0. The third-order valence-corrected chi connectivity index (χ3v) is 5.52. The van der Waals surface area contributed by atoms with Crippen molar-refractivity contribution >= 4 is 17.1 Å². The largest absolute Gasteiger partial charge is 0.338 e. The minimum atomic E-state index is -0.760. The number of pyridine rings is 1. The maximum Gasteiger partial charge on any atom is 0.278 e. The highest BCUT2D eigenvalue weighted by Crippen LogP contribution is 2.40. The van der Waals surface area contributed by atoms with Crippen molar-refractivity contribution in [3.05, 3.63) is 102 Å². The van der Waals surface area contributed by atoms with E-state index < -0.39 is 11.6 Å². The van der Waals surface area contributed by atoms with Crippen LogP contribution >= 0.6 is 0 Å². The van der Waals surface area contributed by atoms with Crippen LogP contribution in [-0.4, -0.2) is 27.5 Å². The molecular weight excluding hydrogens is 426 g/mol. The predicted molar refractivity (Wildman–Crippen MR) is 118 cm³/mol. The van der Waals surface area contributed by atoms with E-state index in [9.17, 15) is 8.78 Å². The molecule has 0 saturated heterocycles. The van der Waals surface area contributed by atoms with Crippen molar-refractivity contribution in [2.75, 3.05) is 16.5 Å². The summed E-state index contributed by atoms with van der Waals surface area (Å²) in [4.78, 5) is 17.6. The van der Waals surface area contributed by atoms with E-state index >= 15 is 0 Å². The zero-order valence-corrected chi connectivity index (χ0v) is 17.2. The molecule has 0 bridgehead atoms. The van der Waals surface area contributed by atoms with Crippen LogP contribution in [0.4, 0.5) is 20.2 Å². The first-order valence-electron chi connectivity index (χ1n) is 10.3. The molecule has 9 heteroatoms. The maximum absolute atomic E-state index is 14.2. The SMILES string of the molecule is Fc1ccc(-c2noc(C3=NCN4C3=CN(Cc3ccccn3)c3ccccc34)n2)c(F)c1. The zero-order chi connectivity index (χ0) is 22.4. The Morgan fingerprint density at radius 2 is 1.82 bits per heavy atom. The number of nitrogens with zero attached hydrogens (tertiary/aromatic N) is 6. The molecule has 0 atom stereocenters. The van der Waals surface area contributed by atoms with Crippen LogP contribution in [0.2, 0.25) is 0 Å². The van der Waals surface area contributed by atoms with Crippen LogP contribution in [-0.2, 0) is 6.54 Å². The second-order valence-corrected chi connectivity index (χ2v) is 7.58. The Kier molecular flexibility index (Phi) is 4.46. The summed E-state index contributed by atoms with van der Waals surface area (Å²) in [5.41, 5.74) is 4.30. The molecule has 33 heavy (non-hydrogen) atoms. The van der Waals surface area contributed by atoms with Crippen molar-refractivity contribution in [3.8, 4) is 11.4 Å². The summed E-state index contributed by atoms with van der Waals surface area (Å²) in [5.74, 6) is -1.23. The van der Waals surface area contributed by atoms with E-state index in [1.165, 1.54) is 6.07 Å². The Balaban J connectivity index is 1.37. The number of aromatic nitrogens is 3. The topological polar surface area (TPSA) is 70.7 Å². The summed E-state index contributed by atoms with van der Waals surface area (Å²) in [6, 6.07) is 17.1. The summed E-state index contributed by atoms with van der Waals surface area (Å²) in [7, 11) is 0. The Morgan fingerprint density at radius 3 is 2.64 bits per heavy atom. The van der Waals surface area contributed by atoms with Crippen molar-refractivity contribution in [1.29, 1.82) is 0 Å². The molecule has 2 aromatic carbocycles. The van der Waals surface area contributed by atoms with E-state index in [4.69, 9.17) is 4.52 Å². The minimum absolute atomic E-state index is 0.0331. The van der Waals surface area contributed by atoms with Crippen LogP contribution in [0, 0.1) is 11.6 Å². The number of fused-ring (bicyclic) bond motifs is 3. The highest BCUT2D eigenvalue weighted by molar-refractivity contribution is 6.15. The molecule has 7 nitrogen and oxygen atoms in total. The van der Waals surface area contributed by atoms with Crippen LogP contribution in [0.1, 0.15) is 11.6 Å².